The number of rotatable bonds is 3. The molecule has 4 aromatic rings. The molecule has 0 bridgehead atoms. The SMILES string of the molecule is Cc1ccc(C2=N/C(=C/c3cccc4ccccc34)C(=O)N2c2cccc(Br)c2)cc1. The Morgan fingerprint density at radius 2 is 1.61 bits per heavy atom. The van der Waals surface area contributed by atoms with Gasteiger partial charge in [-0.3, -0.25) is 9.69 Å². The lowest BCUT2D eigenvalue weighted by atomic mass is 10.0. The number of carbonyl (C=O) groups is 1. The van der Waals surface area contributed by atoms with E-state index in [9.17, 15) is 4.79 Å². The Labute approximate surface area is 189 Å². The van der Waals surface area contributed by atoms with Crippen LogP contribution in [0, 0.1) is 6.92 Å². The van der Waals surface area contributed by atoms with E-state index < -0.39 is 0 Å². The van der Waals surface area contributed by atoms with Crippen LogP contribution in [-0.2, 0) is 4.79 Å². The average Bonchev–Trinajstić information content (AvgIpc) is 3.10. The van der Waals surface area contributed by atoms with E-state index in [0.29, 0.717) is 11.5 Å². The number of halogens is 1. The Balaban J connectivity index is 1.67. The van der Waals surface area contributed by atoms with E-state index >= 15 is 0 Å². The molecule has 0 aliphatic carbocycles. The molecular formula is C27H19BrN2O. The normalized spacial score (nSPS) is 15.0. The van der Waals surface area contributed by atoms with Gasteiger partial charge in [-0.25, -0.2) is 4.99 Å². The molecule has 150 valence electrons. The van der Waals surface area contributed by atoms with Crippen LogP contribution >= 0.6 is 15.9 Å². The van der Waals surface area contributed by atoms with Crippen LogP contribution in [0.1, 0.15) is 16.7 Å². The number of hydrogen-bond acceptors (Lipinski definition) is 2. The number of anilines is 1. The molecule has 1 amide bonds. The number of hydrogen-bond donors (Lipinski definition) is 0. The van der Waals surface area contributed by atoms with Crippen LogP contribution in [0.2, 0.25) is 0 Å². The lowest BCUT2D eigenvalue weighted by molar-refractivity contribution is -0.113. The first kappa shape index (κ1) is 19.5. The molecule has 31 heavy (non-hydrogen) atoms. The number of carbonyl (C=O) groups excluding carboxylic acids is 1. The van der Waals surface area contributed by atoms with Crippen LogP contribution in [-0.4, -0.2) is 11.7 Å². The molecule has 0 N–H and O–H groups in total. The third kappa shape index (κ3) is 3.71. The summed E-state index contributed by atoms with van der Waals surface area (Å²) in [7, 11) is 0. The van der Waals surface area contributed by atoms with Gasteiger partial charge in [-0.15, -0.1) is 0 Å². The molecule has 0 unspecified atom stereocenters. The Bertz CT molecular complexity index is 1360. The van der Waals surface area contributed by atoms with Crippen LogP contribution < -0.4 is 4.90 Å². The largest absolute Gasteiger partial charge is 0.282 e. The quantitative estimate of drug-likeness (QED) is 0.307. The molecule has 1 heterocycles. The van der Waals surface area contributed by atoms with Crippen molar-refractivity contribution in [3.63, 3.8) is 0 Å². The summed E-state index contributed by atoms with van der Waals surface area (Å²) in [5.41, 5.74) is 4.24. The fraction of sp³-hybridized carbons (Fsp3) is 0.0370. The summed E-state index contributed by atoms with van der Waals surface area (Å²) in [4.78, 5) is 20.0. The van der Waals surface area contributed by atoms with Gasteiger partial charge in [0, 0.05) is 10.0 Å². The zero-order valence-electron chi connectivity index (χ0n) is 16.9. The van der Waals surface area contributed by atoms with Crippen molar-refractivity contribution in [1.29, 1.82) is 0 Å². The highest BCUT2D eigenvalue weighted by Gasteiger charge is 2.32. The van der Waals surface area contributed by atoms with E-state index in [1.54, 1.807) is 4.90 Å². The van der Waals surface area contributed by atoms with E-state index in [0.717, 1.165) is 37.6 Å². The molecule has 3 nitrogen and oxygen atoms in total. The van der Waals surface area contributed by atoms with Gasteiger partial charge in [0.15, 0.2) is 0 Å². The predicted octanol–water partition coefficient (Wildman–Crippen LogP) is 6.75. The summed E-state index contributed by atoms with van der Waals surface area (Å²) in [6, 6.07) is 30.1. The van der Waals surface area contributed by atoms with Crippen molar-refractivity contribution in [2.24, 2.45) is 4.99 Å². The van der Waals surface area contributed by atoms with Crippen LogP contribution in [0.5, 0.6) is 0 Å². The van der Waals surface area contributed by atoms with Gasteiger partial charge < -0.3 is 0 Å². The highest BCUT2D eigenvalue weighted by molar-refractivity contribution is 9.10. The summed E-state index contributed by atoms with van der Waals surface area (Å²) in [6.07, 6.45) is 1.89. The smallest absolute Gasteiger partial charge is 0.266 e. The molecule has 0 fully saturated rings. The summed E-state index contributed by atoms with van der Waals surface area (Å²) in [6.45, 7) is 2.04. The van der Waals surface area contributed by atoms with E-state index in [1.165, 1.54) is 0 Å². The third-order valence-corrected chi connectivity index (χ3v) is 5.85. The molecule has 0 spiro atoms. The standard InChI is InChI=1S/C27H19BrN2O/c1-18-12-14-20(15-13-18)26-29-25(27(31)30(26)23-10-5-9-22(28)17-23)16-21-8-4-7-19-6-2-3-11-24(19)21/h2-17H,1H3/b25-16+. The van der Waals surface area contributed by atoms with Crippen molar-refractivity contribution in [2.75, 3.05) is 4.90 Å². The Morgan fingerprint density at radius 1 is 0.871 bits per heavy atom. The number of aliphatic imine (C=N–C) groups is 1. The lowest BCUT2D eigenvalue weighted by Crippen LogP contribution is -2.32. The molecule has 0 saturated carbocycles. The van der Waals surface area contributed by atoms with E-state index in [-0.39, 0.29) is 5.91 Å². The maximum Gasteiger partial charge on any atom is 0.282 e. The minimum atomic E-state index is -0.137. The summed E-state index contributed by atoms with van der Waals surface area (Å²) in [5, 5.41) is 2.23. The number of aryl methyl sites for hydroxylation is 1. The Morgan fingerprint density at radius 3 is 2.42 bits per heavy atom. The first-order chi connectivity index (χ1) is 15.1. The number of amides is 1. The Hall–Kier alpha value is -3.50. The molecule has 0 radical (unpaired) electrons. The second-order valence-corrected chi connectivity index (χ2v) is 8.44. The second-order valence-electron chi connectivity index (χ2n) is 7.52. The summed E-state index contributed by atoms with van der Waals surface area (Å²) < 4.78 is 0.910. The van der Waals surface area contributed by atoms with Gasteiger partial charge in [0.05, 0.1) is 5.69 Å². The molecule has 1 aliphatic heterocycles. The summed E-state index contributed by atoms with van der Waals surface area (Å²) >= 11 is 3.52. The van der Waals surface area contributed by atoms with E-state index in [2.05, 4.69) is 34.1 Å². The van der Waals surface area contributed by atoms with Gasteiger partial charge in [0.25, 0.3) is 5.91 Å². The van der Waals surface area contributed by atoms with Gasteiger partial charge in [-0.1, -0.05) is 94.3 Å². The fourth-order valence-corrected chi connectivity index (χ4v) is 4.18. The first-order valence-corrected chi connectivity index (χ1v) is 10.8. The molecule has 1 aliphatic rings. The number of amidine groups is 1. The first-order valence-electron chi connectivity index (χ1n) is 10.1. The third-order valence-electron chi connectivity index (χ3n) is 5.35. The van der Waals surface area contributed by atoms with Crippen molar-refractivity contribution >= 4 is 50.2 Å². The highest BCUT2D eigenvalue weighted by atomic mass is 79.9. The van der Waals surface area contributed by atoms with Gasteiger partial charge >= 0.3 is 0 Å². The maximum absolute atomic E-state index is 13.5. The number of nitrogens with zero attached hydrogens (tertiary/aromatic N) is 2. The highest BCUT2D eigenvalue weighted by Crippen LogP contribution is 2.30. The molecule has 5 rings (SSSR count). The second kappa shape index (κ2) is 7.97. The minimum Gasteiger partial charge on any atom is -0.266 e. The van der Waals surface area contributed by atoms with Crippen molar-refractivity contribution in [2.45, 2.75) is 6.92 Å². The lowest BCUT2D eigenvalue weighted by Gasteiger charge is -2.19. The van der Waals surface area contributed by atoms with Crippen LogP contribution in [0.4, 0.5) is 5.69 Å². The molecule has 4 aromatic carbocycles. The van der Waals surface area contributed by atoms with E-state index in [1.807, 2.05) is 85.8 Å². The van der Waals surface area contributed by atoms with Crippen LogP contribution in [0.15, 0.2) is 106 Å². The predicted molar refractivity (Wildman–Crippen MR) is 131 cm³/mol. The maximum atomic E-state index is 13.5. The monoisotopic (exact) mass is 466 g/mol. The molecule has 0 saturated heterocycles. The Kier molecular flexibility index (Phi) is 5.00. The van der Waals surface area contributed by atoms with Crippen molar-refractivity contribution in [3.05, 3.63) is 118 Å². The van der Waals surface area contributed by atoms with Gasteiger partial charge in [-0.2, -0.15) is 0 Å². The number of fused-ring (bicyclic) bond motifs is 1. The zero-order chi connectivity index (χ0) is 21.4. The number of benzene rings is 4. The molecule has 0 aromatic heterocycles. The van der Waals surface area contributed by atoms with Gasteiger partial charge in [0.2, 0.25) is 0 Å². The van der Waals surface area contributed by atoms with Crippen molar-refractivity contribution < 1.29 is 4.79 Å². The fourth-order valence-electron chi connectivity index (χ4n) is 3.79. The van der Waals surface area contributed by atoms with Gasteiger partial charge in [-0.05, 0) is 47.5 Å². The summed E-state index contributed by atoms with van der Waals surface area (Å²) in [5.74, 6) is 0.496. The zero-order valence-corrected chi connectivity index (χ0v) is 18.5. The average molecular weight is 467 g/mol. The molecule has 4 heteroatoms. The van der Waals surface area contributed by atoms with Crippen LogP contribution in [0.25, 0.3) is 16.8 Å². The van der Waals surface area contributed by atoms with Crippen molar-refractivity contribution in [3.8, 4) is 0 Å². The molecule has 0 atom stereocenters. The minimum absolute atomic E-state index is 0.137. The molecular weight excluding hydrogens is 448 g/mol. The van der Waals surface area contributed by atoms with Gasteiger partial charge in [0.1, 0.15) is 11.5 Å². The van der Waals surface area contributed by atoms with Crippen molar-refractivity contribution in [1.82, 2.24) is 0 Å². The van der Waals surface area contributed by atoms with Crippen LogP contribution in [0.3, 0.4) is 0 Å². The topological polar surface area (TPSA) is 32.7 Å². The van der Waals surface area contributed by atoms with E-state index in [4.69, 9.17) is 4.99 Å².